The fourth-order valence-corrected chi connectivity index (χ4v) is 4.22. The molecule has 0 saturated carbocycles. The van der Waals surface area contributed by atoms with Gasteiger partial charge in [-0.1, -0.05) is 6.07 Å². The third kappa shape index (κ3) is 3.86. The number of nitrogens with one attached hydrogen (secondary N) is 2. The molecule has 2 unspecified atom stereocenters. The van der Waals surface area contributed by atoms with E-state index in [1.807, 2.05) is 0 Å². The number of benzene rings is 3. The maximum absolute atomic E-state index is 14.6. The Bertz CT molecular complexity index is 1650. The normalized spacial score (nSPS) is 14.3. The van der Waals surface area contributed by atoms with Gasteiger partial charge in [0.05, 0.1) is 17.2 Å². The average molecular weight is 492 g/mol. The summed E-state index contributed by atoms with van der Waals surface area (Å²) in [6.45, 7) is 1.82. The Kier molecular flexibility index (Phi) is 5.22. The van der Waals surface area contributed by atoms with Crippen molar-refractivity contribution < 1.29 is 22.7 Å². The highest BCUT2D eigenvalue weighted by Gasteiger charge is 2.27. The highest BCUT2D eigenvalue weighted by atomic mass is 19.1. The highest BCUT2D eigenvalue weighted by Crippen LogP contribution is 2.35. The maximum Gasteiger partial charge on any atom is 0.417 e. The van der Waals surface area contributed by atoms with Crippen LogP contribution in [-0.4, -0.2) is 32.0 Å². The first-order chi connectivity index (χ1) is 17.5. The first-order valence-corrected chi connectivity index (χ1v) is 11.0. The number of aromatic amines is 1. The van der Waals surface area contributed by atoms with Crippen molar-refractivity contribution in [1.29, 1.82) is 0 Å². The van der Waals surface area contributed by atoms with E-state index in [0.717, 1.165) is 18.2 Å². The van der Waals surface area contributed by atoms with E-state index in [-0.39, 0.29) is 12.4 Å². The Morgan fingerprint density at radius 2 is 1.92 bits per heavy atom. The summed E-state index contributed by atoms with van der Waals surface area (Å²) in [5.41, 5.74) is 2.21. The highest BCUT2D eigenvalue weighted by molar-refractivity contribution is 5.73. The molecule has 0 saturated heterocycles. The predicted octanol–water partition coefficient (Wildman–Crippen LogP) is 3.54. The minimum absolute atomic E-state index is 0.115. The molecule has 3 aromatic carbocycles. The SMILES string of the molecule is CC(NC(c1ccc2[nH]c(=O)oc2c1)c1nnnn1-c1ccc2c(c1)OCO2)c1cc(F)ccc1F. The Labute approximate surface area is 201 Å². The van der Waals surface area contributed by atoms with Gasteiger partial charge in [0, 0.05) is 17.7 Å². The number of ether oxygens (including phenoxy) is 2. The quantitative estimate of drug-likeness (QED) is 0.369. The van der Waals surface area contributed by atoms with Crippen LogP contribution in [0.25, 0.3) is 16.8 Å². The lowest BCUT2D eigenvalue weighted by atomic mass is 10.0. The summed E-state index contributed by atoms with van der Waals surface area (Å²) in [5, 5.41) is 15.5. The lowest BCUT2D eigenvalue weighted by Crippen LogP contribution is -2.29. The summed E-state index contributed by atoms with van der Waals surface area (Å²) in [6.07, 6.45) is 0. The summed E-state index contributed by atoms with van der Waals surface area (Å²) >= 11 is 0. The van der Waals surface area contributed by atoms with Crippen LogP contribution in [0, 0.1) is 11.6 Å². The number of hydrogen-bond acceptors (Lipinski definition) is 8. The van der Waals surface area contributed by atoms with Crippen LogP contribution in [0.1, 0.15) is 36.0 Å². The number of nitrogens with zero attached hydrogens (tertiary/aromatic N) is 4. The zero-order valence-corrected chi connectivity index (χ0v) is 18.7. The molecule has 5 aromatic rings. The van der Waals surface area contributed by atoms with Crippen LogP contribution in [0.3, 0.4) is 0 Å². The van der Waals surface area contributed by atoms with E-state index in [1.54, 1.807) is 43.3 Å². The smallest absolute Gasteiger partial charge is 0.417 e. The number of hydrogen-bond donors (Lipinski definition) is 2. The lowest BCUT2D eigenvalue weighted by Gasteiger charge is -2.24. The van der Waals surface area contributed by atoms with Crippen molar-refractivity contribution in [3.05, 3.63) is 93.7 Å². The first-order valence-electron chi connectivity index (χ1n) is 11.0. The van der Waals surface area contributed by atoms with E-state index in [4.69, 9.17) is 13.9 Å². The molecule has 3 heterocycles. The molecule has 36 heavy (non-hydrogen) atoms. The number of H-pyrrole nitrogens is 1. The number of oxazole rings is 1. The zero-order valence-electron chi connectivity index (χ0n) is 18.7. The fraction of sp³-hybridized carbons (Fsp3) is 0.167. The van der Waals surface area contributed by atoms with E-state index in [9.17, 15) is 13.6 Å². The van der Waals surface area contributed by atoms with E-state index in [1.165, 1.54) is 4.68 Å². The molecule has 0 aliphatic carbocycles. The molecule has 1 aliphatic rings. The van der Waals surface area contributed by atoms with E-state index in [2.05, 4.69) is 25.8 Å². The molecule has 6 rings (SSSR count). The summed E-state index contributed by atoms with van der Waals surface area (Å²) in [7, 11) is 0. The Balaban J connectivity index is 1.45. The predicted molar refractivity (Wildman–Crippen MR) is 122 cm³/mol. The number of rotatable bonds is 6. The van der Waals surface area contributed by atoms with Gasteiger partial charge in [0.2, 0.25) is 6.79 Å². The molecular formula is C24H18F2N6O4. The molecule has 12 heteroatoms. The van der Waals surface area contributed by atoms with Gasteiger partial charge in [-0.15, -0.1) is 5.10 Å². The summed E-state index contributed by atoms with van der Waals surface area (Å²) in [6, 6.07) is 12.3. The van der Waals surface area contributed by atoms with Gasteiger partial charge in [-0.25, -0.2) is 13.6 Å². The van der Waals surface area contributed by atoms with E-state index < -0.39 is 29.5 Å². The molecule has 1 aliphatic heterocycles. The van der Waals surface area contributed by atoms with Crippen molar-refractivity contribution in [2.45, 2.75) is 19.0 Å². The molecule has 0 radical (unpaired) electrons. The summed E-state index contributed by atoms with van der Waals surface area (Å²) in [5.74, 6) is -0.202. The fourth-order valence-electron chi connectivity index (χ4n) is 4.22. The van der Waals surface area contributed by atoms with Crippen molar-refractivity contribution >= 4 is 11.1 Å². The van der Waals surface area contributed by atoms with Crippen LogP contribution in [0.2, 0.25) is 0 Å². The average Bonchev–Trinajstić information content (AvgIpc) is 3.61. The molecule has 10 nitrogen and oxygen atoms in total. The number of fused-ring (bicyclic) bond motifs is 2. The minimum atomic E-state index is -0.715. The van der Waals surface area contributed by atoms with Gasteiger partial charge in [-0.3, -0.25) is 10.3 Å². The van der Waals surface area contributed by atoms with Crippen molar-refractivity contribution in [3.63, 3.8) is 0 Å². The molecule has 0 fully saturated rings. The molecule has 2 atom stereocenters. The summed E-state index contributed by atoms with van der Waals surface area (Å²) < 4.78 is 46.1. The molecule has 0 amide bonds. The van der Waals surface area contributed by atoms with E-state index in [0.29, 0.717) is 39.7 Å². The Morgan fingerprint density at radius 1 is 1.06 bits per heavy atom. The van der Waals surface area contributed by atoms with Gasteiger partial charge in [-0.2, -0.15) is 4.68 Å². The Morgan fingerprint density at radius 3 is 2.81 bits per heavy atom. The van der Waals surface area contributed by atoms with Crippen LogP contribution in [-0.2, 0) is 0 Å². The largest absolute Gasteiger partial charge is 0.454 e. The molecule has 2 N–H and O–H groups in total. The third-order valence-electron chi connectivity index (χ3n) is 5.97. The van der Waals surface area contributed by atoms with Gasteiger partial charge in [0.25, 0.3) is 0 Å². The molecule has 0 bridgehead atoms. The Hall–Kier alpha value is -4.58. The van der Waals surface area contributed by atoms with Crippen molar-refractivity contribution in [2.24, 2.45) is 0 Å². The van der Waals surface area contributed by atoms with Gasteiger partial charge in [-0.05, 0) is 65.4 Å². The second kappa shape index (κ2) is 8.57. The monoisotopic (exact) mass is 492 g/mol. The van der Waals surface area contributed by atoms with Crippen LogP contribution < -0.4 is 20.5 Å². The van der Waals surface area contributed by atoms with E-state index >= 15 is 0 Å². The topological polar surface area (TPSA) is 120 Å². The number of aromatic nitrogens is 5. The van der Waals surface area contributed by atoms with Crippen molar-refractivity contribution in [3.8, 4) is 17.2 Å². The second-order valence-corrected chi connectivity index (χ2v) is 8.24. The molecule has 182 valence electrons. The van der Waals surface area contributed by atoms with Gasteiger partial charge in [0.1, 0.15) is 11.6 Å². The van der Waals surface area contributed by atoms with Gasteiger partial charge >= 0.3 is 5.76 Å². The number of tetrazole rings is 1. The molecule has 2 aromatic heterocycles. The standard InChI is InChI=1S/C24H18F2N6O4/c1-12(16-9-14(25)3-5-17(16)26)27-22(13-2-6-18-20(8-13)36-24(33)28-18)23-29-30-31-32(23)15-4-7-19-21(10-15)35-11-34-19/h2-10,12,22,27H,11H2,1H3,(H,28,33). The van der Waals surface area contributed by atoms with Crippen molar-refractivity contribution in [1.82, 2.24) is 30.5 Å². The second-order valence-electron chi connectivity index (χ2n) is 8.24. The van der Waals surface area contributed by atoms with Crippen LogP contribution in [0.15, 0.2) is 63.8 Å². The third-order valence-corrected chi connectivity index (χ3v) is 5.97. The first kappa shape index (κ1) is 21.9. The van der Waals surface area contributed by atoms with Gasteiger partial charge < -0.3 is 13.9 Å². The van der Waals surface area contributed by atoms with Crippen LogP contribution >= 0.6 is 0 Å². The van der Waals surface area contributed by atoms with Crippen LogP contribution in [0.5, 0.6) is 11.5 Å². The lowest BCUT2D eigenvalue weighted by molar-refractivity contribution is 0.174. The molecular weight excluding hydrogens is 474 g/mol. The zero-order chi connectivity index (χ0) is 24.8. The summed E-state index contributed by atoms with van der Waals surface area (Å²) in [4.78, 5) is 14.3. The number of halogens is 2. The van der Waals surface area contributed by atoms with Crippen LogP contribution in [0.4, 0.5) is 8.78 Å². The maximum atomic E-state index is 14.6. The van der Waals surface area contributed by atoms with Crippen molar-refractivity contribution in [2.75, 3.05) is 6.79 Å². The van der Waals surface area contributed by atoms with Gasteiger partial charge in [0.15, 0.2) is 22.9 Å². The minimum Gasteiger partial charge on any atom is -0.454 e. The molecule has 0 spiro atoms.